The van der Waals surface area contributed by atoms with Crippen molar-refractivity contribution in [3.05, 3.63) is 45.7 Å². The van der Waals surface area contributed by atoms with Gasteiger partial charge in [0.15, 0.2) is 0 Å². The second kappa shape index (κ2) is 7.60. The van der Waals surface area contributed by atoms with E-state index in [1.165, 1.54) is 6.07 Å². The van der Waals surface area contributed by atoms with Gasteiger partial charge >= 0.3 is 0 Å². The molecule has 108 valence electrons. The first-order valence-corrected chi connectivity index (χ1v) is 7.98. The molecular weight excluding hydrogens is 297 g/mol. The van der Waals surface area contributed by atoms with Crippen LogP contribution in [0.4, 0.5) is 4.39 Å². The van der Waals surface area contributed by atoms with Crippen LogP contribution in [0.5, 0.6) is 5.75 Å². The lowest BCUT2D eigenvalue weighted by Crippen LogP contribution is -1.99. The molecule has 0 amide bonds. The molecule has 0 fully saturated rings. The van der Waals surface area contributed by atoms with Crippen molar-refractivity contribution in [1.82, 2.24) is 4.98 Å². The van der Waals surface area contributed by atoms with Crippen LogP contribution in [0, 0.1) is 12.7 Å². The van der Waals surface area contributed by atoms with E-state index in [1.54, 1.807) is 30.4 Å². The predicted molar refractivity (Wildman–Crippen MR) is 81.2 cm³/mol. The van der Waals surface area contributed by atoms with Gasteiger partial charge in [0, 0.05) is 11.4 Å². The zero-order chi connectivity index (χ0) is 14.4. The fourth-order valence-corrected chi connectivity index (χ4v) is 2.83. The highest BCUT2D eigenvalue weighted by molar-refractivity contribution is 7.09. The Bertz CT molecular complexity index is 559. The number of ether oxygens (including phenoxy) is 1. The van der Waals surface area contributed by atoms with Gasteiger partial charge in [0.05, 0.1) is 23.2 Å². The quantitative estimate of drug-likeness (QED) is 0.544. The molecule has 2 rings (SSSR count). The summed E-state index contributed by atoms with van der Waals surface area (Å²) < 4.78 is 18.8. The summed E-state index contributed by atoms with van der Waals surface area (Å²) in [5.41, 5.74) is 1.58. The number of rotatable bonds is 7. The molecule has 1 aromatic heterocycles. The lowest BCUT2D eigenvalue weighted by atomic mass is 10.2. The van der Waals surface area contributed by atoms with E-state index in [9.17, 15) is 4.39 Å². The monoisotopic (exact) mass is 313 g/mol. The number of alkyl halides is 1. The zero-order valence-corrected chi connectivity index (χ0v) is 12.9. The normalized spacial score (nSPS) is 10.8. The van der Waals surface area contributed by atoms with E-state index >= 15 is 0 Å². The molecule has 0 aliphatic carbocycles. The number of unbranched alkanes of at least 4 members (excludes halogenated alkanes) is 1. The third kappa shape index (κ3) is 4.46. The van der Waals surface area contributed by atoms with E-state index in [0.717, 1.165) is 30.0 Å². The van der Waals surface area contributed by atoms with Crippen LogP contribution in [-0.4, -0.2) is 11.6 Å². The highest BCUT2D eigenvalue weighted by atomic mass is 35.5. The minimum atomic E-state index is -0.223. The Morgan fingerprint density at radius 3 is 2.90 bits per heavy atom. The van der Waals surface area contributed by atoms with Gasteiger partial charge in [-0.1, -0.05) is 6.07 Å². The minimum absolute atomic E-state index is 0.223. The number of thiazole rings is 1. The molecule has 1 aromatic carbocycles. The number of aromatic nitrogens is 1. The van der Waals surface area contributed by atoms with E-state index in [0.29, 0.717) is 23.8 Å². The van der Waals surface area contributed by atoms with Gasteiger partial charge in [0.25, 0.3) is 0 Å². The highest BCUT2D eigenvalue weighted by Gasteiger charge is 2.02. The van der Waals surface area contributed by atoms with Crippen molar-refractivity contribution < 1.29 is 9.13 Å². The molecule has 0 N–H and O–H groups in total. The molecule has 0 atom stereocenters. The van der Waals surface area contributed by atoms with E-state index in [4.69, 9.17) is 16.3 Å². The fourth-order valence-electron chi connectivity index (χ4n) is 1.76. The summed E-state index contributed by atoms with van der Waals surface area (Å²) in [6.07, 6.45) is 2.86. The van der Waals surface area contributed by atoms with Gasteiger partial charge in [-0.15, -0.1) is 22.9 Å². The van der Waals surface area contributed by atoms with Gasteiger partial charge in [-0.2, -0.15) is 0 Å². The minimum Gasteiger partial charge on any atom is -0.493 e. The van der Waals surface area contributed by atoms with Gasteiger partial charge in [-0.05, 0) is 37.8 Å². The summed E-state index contributed by atoms with van der Waals surface area (Å²) in [5, 5.41) is 3.11. The van der Waals surface area contributed by atoms with Crippen molar-refractivity contribution in [2.75, 3.05) is 6.61 Å². The first-order chi connectivity index (χ1) is 9.69. The number of hydrogen-bond donors (Lipinski definition) is 0. The standard InChI is InChI=1S/C15H17ClFNOS/c1-11-5-6-13(8-14(11)17)19-7-3-2-4-15-18-12(9-16)10-20-15/h5-6,8,10H,2-4,7,9H2,1H3. The number of hydrogen-bond acceptors (Lipinski definition) is 3. The molecule has 0 unspecified atom stereocenters. The average molecular weight is 314 g/mol. The highest BCUT2D eigenvalue weighted by Crippen LogP contribution is 2.17. The largest absolute Gasteiger partial charge is 0.493 e. The third-order valence-electron chi connectivity index (χ3n) is 2.93. The number of benzene rings is 1. The summed E-state index contributed by atoms with van der Waals surface area (Å²) >= 11 is 7.36. The molecule has 20 heavy (non-hydrogen) atoms. The van der Waals surface area contributed by atoms with Crippen LogP contribution in [0.2, 0.25) is 0 Å². The molecule has 2 nitrogen and oxygen atoms in total. The van der Waals surface area contributed by atoms with Crippen LogP contribution in [0.25, 0.3) is 0 Å². The molecule has 2 aromatic rings. The SMILES string of the molecule is Cc1ccc(OCCCCc2nc(CCl)cs2)cc1F. The van der Waals surface area contributed by atoms with Crippen LogP contribution >= 0.6 is 22.9 Å². The van der Waals surface area contributed by atoms with Crippen LogP contribution in [0.15, 0.2) is 23.6 Å². The maximum Gasteiger partial charge on any atom is 0.129 e. The van der Waals surface area contributed by atoms with Crippen LogP contribution < -0.4 is 4.74 Å². The van der Waals surface area contributed by atoms with Crippen LogP contribution in [0.3, 0.4) is 0 Å². The van der Waals surface area contributed by atoms with Crippen molar-refractivity contribution >= 4 is 22.9 Å². The van der Waals surface area contributed by atoms with Crippen molar-refractivity contribution in [2.24, 2.45) is 0 Å². The van der Waals surface area contributed by atoms with Gasteiger partial charge in [0.2, 0.25) is 0 Å². The third-order valence-corrected chi connectivity index (χ3v) is 4.16. The Morgan fingerprint density at radius 2 is 2.20 bits per heavy atom. The summed E-state index contributed by atoms with van der Waals surface area (Å²) in [5.74, 6) is 0.837. The predicted octanol–water partition coefficient (Wildman–Crippen LogP) is 4.73. The van der Waals surface area contributed by atoms with E-state index in [2.05, 4.69) is 4.98 Å². The number of nitrogens with zero attached hydrogens (tertiary/aromatic N) is 1. The van der Waals surface area contributed by atoms with Gasteiger partial charge in [-0.3, -0.25) is 0 Å². The van der Waals surface area contributed by atoms with Crippen molar-refractivity contribution in [3.8, 4) is 5.75 Å². The second-order valence-corrected chi connectivity index (χ2v) is 5.79. The molecule has 1 heterocycles. The summed E-state index contributed by atoms with van der Waals surface area (Å²) in [6, 6.07) is 4.96. The first kappa shape index (κ1) is 15.3. The lowest BCUT2D eigenvalue weighted by Gasteiger charge is -2.06. The Morgan fingerprint density at radius 1 is 1.35 bits per heavy atom. The molecule has 0 aliphatic heterocycles. The van der Waals surface area contributed by atoms with E-state index < -0.39 is 0 Å². The molecule has 0 radical (unpaired) electrons. The molecular formula is C15H17ClFNOS. The van der Waals surface area contributed by atoms with Gasteiger partial charge in [0.1, 0.15) is 11.6 Å². The topological polar surface area (TPSA) is 22.1 Å². The maximum atomic E-state index is 13.3. The Labute approximate surface area is 127 Å². The fraction of sp³-hybridized carbons (Fsp3) is 0.400. The molecule has 5 heteroatoms. The zero-order valence-electron chi connectivity index (χ0n) is 11.4. The van der Waals surface area contributed by atoms with E-state index in [1.807, 2.05) is 5.38 Å². The summed E-state index contributed by atoms with van der Waals surface area (Å²) in [7, 11) is 0. The smallest absolute Gasteiger partial charge is 0.129 e. The molecule has 0 aliphatic rings. The molecule has 0 saturated heterocycles. The van der Waals surface area contributed by atoms with Crippen LogP contribution in [0.1, 0.15) is 29.1 Å². The van der Waals surface area contributed by atoms with Gasteiger partial charge in [-0.25, -0.2) is 9.37 Å². The first-order valence-electron chi connectivity index (χ1n) is 6.57. The summed E-state index contributed by atoms with van der Waals surface area (Å²) in [4.78, 5) is 4.40. The van der Waals surface area contributed by atoms with Crippen molar-refractivity contribution in [2.45, 2.75) is 32.1 Å². The second-order valence-electron chi connectivity index (χ2n) is 4.58. The maximum absolute atomic E-state index is 13.3. The van der Waals surface area contributed by atoms with Crippen LogP contribution in [-0.2, 0) is 12.3 Å². The van der Waals surface area contributed by atoms with Crippen molar-refractivity contribution in [3.63, 3.8) is 0 Å². The Hall–Kier alpha value is -1.13. The van der Waals surface area contributed by atoms with Crippen molar-refractivity contribution in [1.29, 1.82) is 0 Å². The summed E-state index contributed by atoms with van der Waals surface area (Å²) in [6.45, 7) is 2.33. The number of halogens is 2. The Kier molecular flexibility index (Phi) is 5.80. The van der Waals surface area contributed by atoms with E-state index in [-0.39, 0.29) is 5.82 Å². The lowest BCUT2D eigenvalue weighted by molar-refractivity contribution is 0.305. The number of aryl methyl sites for hydroxylation is 2. The molecule has 0 saturated carbocycles. The molecule has 0 bridgehead atoms. The molecule has 0 spiro atoms. The Balaban J connectivity index is 1.67. The average Bonchev–Trinajstić information content (AvgIpc) is 2.90. The van der Waals surface area contributed by atoms with Gasteiger partial charge < -0.3 is 4.74 Å².